The molecule has 10 heteroatoms. The average molecular weight is 639 g/mol. The molecule has 36 heavy (non-hydrogen) atoms. The Hall–Kier alpha value is -1.93. The Morgan fingerprint density at radius 1 is 0.806 bits per heavy atom. The molecule has 0 bridgehead atoms. The van der Waals surface area contributed by atoms with Gasteiger partial charge in [-0.2, -0.15) is 5.10 Å². The molecule has 182 valence electrons. The number of nitrogens with zero attached hydrogens (tertiary/aromatic N) is 4. The molecular weight excluding hydrogens is 622 g/mol. The van der Waals surface area contributed by atoms with Gasteiger partial charge in [0.1, 0.15) is 10.7 Å². The zero-order chi connectivity index (χ0) is 25.6. The quantitative estimate of drug-likeness (QED) is 0.192. The van der Waals surface area contributed by atoms with E-state index < -0.39 is 0 Å². The van der Waals surface area contributed by atoms with Crippen molar-refractivity contribution in [3.05, 3.63) is 102 Å². The van der Waals surface area contributed by atoms with E-state index in [1.54, 1.807) is 16.8 Å². The topological polar surface area (TPSA) is 43.6 Å². The molecule has 0 saturated carbocycles. The number of aromatic nitrogens is 4. The molecule has 2 aromatic heterocycles. The summed E-state index contributed by atoms with van der Waals surface area (Å²) in [6.45, 7) is 4.22. The van der Waals surface area contributed by atoms with Gasteiger partial charge in [-0.25, -0.2) is 4.68 Å². The molecule has 4 nitrogen and oxygen atoms in total. The first-order chi connectivity index (χ1) is 17.1. The Bertz CT molecular complexity index is 1560. The molecular formula is C26H17BrCl4N4S. The Balaban J connectivity index is 1.65. The van der Waals surface area contributed by atoms with E-state index in [0.717, 1.165) is 26.3 Å². The monoisotopic (exact) mass is 636 g/mol. The lowest BCUT2D eigenvalue weighted by Gasteiger charge is -2.21. The molecule has 0 aliphatic heterocycles. The minimum atomic E-state index is -0.367. The predicted molar refractivity (Wildman–Crippen MR) is 154 cm³/mol. The summed E-state index contributed by atoms with van der Waals surface area (Å²) in [5, 5.41) is 17.9. The summed E-state index contributed by atoms with van der Waals surface area (Å²) in [5.41, 5.74) is 3.77. The molecule has 0 fully saturated rings. The number of benzene rings is 3. The van der Waals surface area contributed by atoms with E-state index in [1.807, 2.05) is 54.6 Å². The highest BCUT2D eigenvalue weighted by atomic mass is 79.9. The number of halogens is 5. The van der Waals surface area contributed by atoms with Gasteiger partial charge >= 0.3 is 0 Å². The van der Waals surface area contributed by atoms with Crippen molar-refractivity contribution in [2.24, 2.45) is 0 Å². The van der Waals surface area contributed by atoms with Crippen molar-refractivity contribution >= 4 is 73.7 Å². The highest BCUT2D eigenvalue weighted by Crippen LogP contribution is 2.42. The lowest BCUT2D eigenvalue weighted by Crippen LogP contribution is -2.18. The van der Waals surface area contributed by atoms with Gasteiger partial charge in [-0.1, -0.05) is 82.0 Å². The predicted octanol–water partition coefficient (Wildman–Crippen LogP) is 9.76. The molecule has 0 atom stereocenters. The average Bonchev–Trinajstić information content (AvgIpc) is 3.46. The van der Waals surface area contributed by atoms with Gasteiger partial charge in [0, 0.05) is 26.0 Å². The van der Waals surface area contributed by atoms with E-state index in [4.69, 9.17) is 51.5 Å². The van der Waals surface area contributed by atoms with Crippen molar-refractivity contribution in [1.82, 2.24) is 20.0 Å². The maximum absolute atomic E-state index is 6.58. The Morgan fingerprint density at radius 3 is 2.06 bits per heavy atom. The van der Waals surface area contributed by atoms with Crippen molar-refractivity contribution in [2.45, 2.75) is 19.3 Å². The number of rotatable bonds is 5. The molecule has 5 aromatic rings. The summed E-state index contributed by atoms with van der Waals surface area (Å²) in [4.78, 5) is 0. The van der Waals surface area contributed by atoms with Crippen LogP contribution >= 0.6 is 73.7 Å². The third-order valence-electron chi connectivity index (χ3n) is 5.81. The standard InChI is InChI=1S/C26H17BrCl4N4S/c1-26(2,15-5-9-17(29)10-6-15)25-33-32-24(36-25)22-21(27)23(14-3-7-16(28)8-4-14)35(34-22)20-12-11-18(30)13-19(20)31/h3-13H,1-2H3. The highest BCUT2D eigenvalue weighted by molar-refractivity contribution is 9.10. The van der Waals surface area contributed by atoms with Crippen LogP contribution in [0.15, 0.2) is 71.2 Å². The molecule has 3 aromatic carbocycles. The third kappa shape index (κ3) is 4.83. The molecule has 0 N–H and O–H groups in total. The highest BCUT2D eigenvalue weighted by Gasteiger charge is 2.30. The van der Waals surface area contributed by atoms with Crippen LogP contribution in [-0.4, -0.2) is 20.0 Å². The van der Waals surface area contributed by atoms with E-state index in [-0.39, 0.29) is 5.41 Å². The van der Waals surface area contributed by atoms with Crippen LogP contribution in [0, 0.1) is 0 Å². The fraction of sp³-hybridized carbons (Fsp3) is 0.115. The fourth-order valence-electron chi connectivity index (χ4n) is 3.78. The van der Waals surface area contributed by atoms with E-state index in [9.17, 15) is 0 Å². The molecule has 2 heterocycles. The molecule has 5 rings (SSSR count). The smallest absolute Gasteiger partial charge is 0.169 e. The van der Waals surface area contributed by atoms with E-state index in [1.165, 1.54) is 11.3 Å². The first-order valence-corrected chi connectivity index (χ1v) is 13.9. The molecule has 0 unspecified atom stereocenters. The van der Waals surface area contributed by atoms with Gasteiger partial charge in [0.15, 0.2) is 5.01 Å². The van der Waals surface area contributed by atoms with Crippen LogP contribution < -0.4 is 0 Å². The van der Waals surface area contributed by atoms with Crippen LogP contribution in [0.5, 0.6) is 0 Å². The van der Waals surface area contributed by atoms with Crippen LogP contribution in [0.3, 0.4) is 0 Å². The van der Waals surface area contributed by atoms with Gasteiger partial charge in [-0.3, -0.25) is 0 Å². The Labute approximate surface area is 240 Å². The van der Waals surface area contributed by atoms with Crippen molar-refractivity contribution in [3.8, 4) is 27.6 Å². The van der Waals surface area contributed by atoms with Crippen molar-refractivity contribution < 1.29 is 0 Å². The van der Waals surface area contributed by atoms with Gasteiger partial charge in [0.2, 0.25) is 0 Å². The second kappa shape index (κ2) is 10.1. The van der Waals surface area contributed by atoms with Gasteiger partial charge in [0.25, 0.3) is 0 Å². The van der Waals surface area contributed by atoms with E-state index in [2.05, 4.69) is 40.0 Å². The molecule has 0 radical (unpaired) electrons. The third-order valence-corrected chi connectivity index (χ3v) is 8.86. The summed E-state index contributed by atoms with van der Waals surface area (Å²) >= 11 is 30.3. The number of hydrogen-bond donors (Lipinski definition) is 0. The van der Waals surface area contributed by atoms with Crippen molar-refractivity contribution in [1.29, 1.82) is 0 Å². The van der Waals surface area contributed by atoms with Crippen LogP contribution in [0.25, 0.3) is 27.6 Å². The van der Waals surface area contributed by atoms with E-state index in [0.29, 0.717) is 36.5 Å². The van der Waals surface area contributed by atoms with Gasteiger partial charge in [-0.15, -0.1) is 10.2 Å². The van der Waals surface area contributed by atoms with Crippen molar-refractivity contribution in [2.75, 3.05) is 0 Å². The number of hydrogen-bond acceptors (Lipinski definition) is 4. The van der Waals surface area contributed by atoms with Crippen LogP contribution in [0.2, 0.25) is 20.1 Å². The molecule has 0 amide bonds. The summed E-state index contributed by atoms with van der Waals surface area (Å²) in [6, 6.07) is 20.6. The second-order valence-corrected chi connectivity index (χ2v) is 12.1. The maximum Gasteiger partial charge on any atom is 0.169 e. The van der Waals surface area contributed by atoms with Crippen molar-refractivity contribution in [3.63, 3.8) is 0 Å². The first kappa shape index (κ1) is 25.7. The maximum atomic E-state index is 6.58. The summed E-state index contributed by atoms with van der Waals surface area (Å²) in [5.74, 6) is 0. The van der Waals surface area contributed by atoms with Gasteiger partial charge < -0.3 is 0 Å². The fourth-order valence-corrected chi connectivity index (χ4v) is 6.28. The van der Waals surface area contributed by atoms with Gasteiger partial charge in [0.05, 0.1) is 20.9 Å². The summed E-state index contributed by atoms with van der Waals surface area (Å²) in [6.07, 6.45) is 0. The van der Waals surface area contributed by atoms with Crippen LogP contribution in [0.1, 0.15) is 24.4 Å². The zero-order valence-corrected chi connectivity index (χ0v) is 24.4. The zero-order valence-electron chi connectivity index (χ0n) is 18.9. The molecule has 0 saturated heterocycles. The van der Waals surface area contributed by atoms with E-state index >= 15 is 0 Å². The SMILES string of the molecule is CC(C)(c1ccc(Cl)cc1)c1nnc(-c2nn(-c3ccc(Cl)cc3Cl)c(-c3ccc(Cl)cc3)c2Br)s1. The first-order valence-electron chi connectivity index (χ1n) is 10.8. The lowest BCUT2D eigenvalue weighted by molar-refractivity contribution is 0.626. The van der Waals surface area contributed by atoms with Crippen LogP contribution in [0.4, 0.5) is 0 Å². The summed E-state index contributed by atoms with van der Waals surface area (Å²) in [7, 11) is 0. The minimum absolute atomic E-state index is 0.367. The summed E-state index contributed by atoms with van der Waals surface area (Å²) < 4.78 is 2.55. The minimum Gasteiger partial charge on any atom is -0.230 e. The molecule has 0 aliphatic rings. The Kier molecular flexibility index (Phi) is 7.20. The van der Waals surface area contributed by atoms with Gasteiger partial charge in [-0.05, 0) is 77.8 Å². The normalized spacial score (nSPS) is 11.8. The van der Waals surface area contributed by atoms with Crippen LogP contribution in [-0.2, 0) is 5.41 Å². The Morgan fingerprint density at radius 2 is 1.42 bits per heavy atom. The largest absolute Gasteiger partial charge is 0.230 e. The molecule has 0 spiro atoms. The second-order valence-electron chi connectivity index (χ2n) is 8.57. The lowest BCUT2D eigenvalue weighted by atomic mass is 9.85. The molecule has 0 aliphatic carbocycles.